The summed E-state index contributed by atoms with van der Waals surface area (Å²) in [6.07, 6.45) is 1.35. The van der Waals surface area contributed by atoms with Gasteiger partial charge in [0.05, 0.1) is 4.90 Å². The van der Waals surface area contributed by atoms with Crippen molar-refractivity contribution in [3.8, 4) is 0 Å². The second-order valence-corrected chi connectivity index (χ2v) is 9.14. The summed E-state index contributed by atoms with van der Waals surface area (Å²) < 4.78 is 48.0. The molecule has 8 heteroatoms. The number of hydrogen-bond donors (Lipinski definition) is 0. The predicted molar refractivity (Wildman–Crippen MR) is 97.2 cm³/mol. The first kappa shape index (κ1) is 18.7. The topological polar surface area (TPSA) is 68.3 Å². The number of benzene rings is 2. The van der Waals surface area contributed by atoms with Crippen LogP contribution in [-0.2, 0) is 19.7 Å². The molecule has 0 aliphatic rings. The molecule has 0 aliphatic carbocycles. The lowest BCUT2D eigenvalue weighted by molar-refractivity contribution is 0.603. The van der Waals surface area contributed by atoms with E-state index in [1.807, 2.05) is 0 Å². The van der Waals surface area contributed by atoms with Crippen molar-refractivity contribution in [1.82, 2.24) is 0 Å². The lowest BCUT2D eigenvalue weighted by atomic mass is 10.2. The minimum atomic E-state index is -3.87. The molecule has 2 aromatic rings. The van der Waals surface area contributed by atoms with E-state index in [4.69, 9.17) is 23.2 Å². The molecule has 24 heavy (non-hydrogen) atoms. The number of hydrogen-bond acceptors (Lipinski definition) is 4. The Hall–Kier alpha value is -1.60. The summed E-state index contributed by atoms with van der Waals surface area (Å²) in [6.45, 7) is 0. The lowest BCUT2D eigenvalue weighted by Crippen LogP contribution is -1.98. The van der Waals surface area contributed by atoms with Gasteiger partial charge >= 0.3 is 0 Å². The van der Waals surface area contributed by atoms with Crippen LogP contribution in [0.15, 0.2) is 69.7 Å². The molecule has 0 amide bonds. The molecule has 0 radical (unpaired) electrons. The Bertz CT molecular complexity index is 973. The Balaban J connectivity index is 2.19. The van der Waals surface area contributed by atoms with Gasteiger partial charge < -0.3 is 0 Å². The van der Waals surface area contributed by atoms with Crippen LogP contribution in [0.4, 0.5) is 0 Å². The fourth-order valence-corrected chi connectivity index (χ4v) is 4.21. The molecule has 0 aromatic heterocycles. The number of halogens is 2. The second-order valence-electron chi connectivity index (χ2n) is 4.71. The zero-order valence-electron chi connectivity index (χ0n) is 12.1. The maximum atomic E-state index is 12.1. The van der Waals surface area contributed by atoms with Gasteiger partial charge in [0.25, 0.3) is 0 Å². The standard InChI is InChI=1S/C16H12Cl2O4S2/c17-14-3-1-13(2-4-14)9-10-23(19,20)11-12-24(21,22)16-7-5-15(18)6-8-16/h1-12H/b10-9+,12-11+. The van der Waals surface area contributed by atoms with Crippen LogP contribution in [0.25, 0.3) is 6.08 Å². The van der Waals surface area contributed by atoms with Crippen molar-refractivity contribution in [2.75, 3.05) is 0 Å². The molecule has 0 unspecified atom stereocenters. The Morgan fingerprint density at radius 1 is 0.667 bits per heavy atom. The van der Waals surface area contributed by atoms with E-state index in [-0.39, 0.29) is 4.90 Å². The molecule has 0 aliphatic heterocycles. The summed E-state index contributed by atoms with van der Waals surface area (Å²) in [5, 5.41) is 3.13. The third-order valence-corrected chi connectivity index (χ3v) is 6.02. The highest BCUT2D eigenvalue weighted by Crippen LogP contribution is 2.17. The molecule has 0 atom stereocenters. The quantitative estimate of drug-likeness (QED) is 0.746. The molecule has 2 aromatic carbocycles. The fraction of sp³-hybridized carbons (Fsp3) is 0. The molecule has 126 valence electrons. The van der Waals surface area contributed by atoms with Gasteiger partial charge in [-0.05, 0) is 48.0 Å². The summed E-state index contributed by atoms with van der Waals surface area (Å²) in [6, 6.07) is 12.0. The van der Waals surface area contributed by atoms with Gasteiger partial charge in [-0.1, -0.05) is 35.3 Å². The van der Waals surface area contributed by atoms with E-state index in [2.05, 4.69) is 0 Å². The van der Waals surface area contributed by atoms with Crippen LogP contribution in [0.1, 0.15) is 5.56 Å². The van der Waals surface area contributed by atoms with Crippen LogP contribution in [-0.4, -0.2) is 16.8 Å². The van der Waals surface area contributed by atoms with Crippen molar-refractivity contribution in [2.24, 2.45) is 0 Å². The van der Waals surface area contributed by atoms with Crippen molar-refractivity contribution in [3.63, 3.8) is 0 Å². The molecule has 0 fully saturated rings. The maximum Gasteiger partial charge on any atom is 0.200 e. The molecule has 0 N–H and O–H groups in total. The van der Waals surface area contributed by atoms with E-state index in [0.717, 1.165) is 5.41 Å². The van der Waals surface area contributed by atoms with Crippen molar-refractivity contribution in [2.45, 2.75) is 4.90 Å². The van der Waals surface area contributed by atoms with Gasteiger partial charge in [-0.15, -0.1) is 0 Å². The van der Waals surface area contributed by atoms with Gasteiger partial charge in [-0.25, -0.2) is 16.8 Å². The van der Waals surface area contributed by atoms with Crippen LogP contribution < -0.4 is 0 Å². The molecule has 4 nitrogen and oxygen atoms in total. The maximum absolute atomic E-state index is 12.1. The predicted octanol–water partition coefficient (Wildman–Crippen LogP) is 4.32. The van der Waals surface area contributed by atoms with Gasteiger partial charge in [0.2, 0.25) is 9.84 Å². The Labute approximate surface area is 150 Å². The highest BCUT2D eigenvalue weighted by Gasteiger charge is 2.12. The summed E-state index contributed by atoms with van der Waals surface area (Å²) in [5.74, 6) is 0. The average Bonchev–Trinajstić information content (AvgIpc) is 2.53. The molecule has 0 saturated carbocycles. The van der Waals surface area contributed by atoms with Crippen LogP contribution in [0, 0.1) is 0 Å². The Morgan fingerprint density at radius 3 is 1.71 bits per heavy atom. The minimum Gasteiger partial charge on any atom is -0.220 e. The van der Waals surface area contributed by atoms with Crippen molar-refractivity contribution < 1.29 is 16.8 Å². The molecule has 2 rings (SSSR count). The lowest BCUT2D eigenvalue weighted by Gasteiger charge is -1.99. The van der Waals surface area contributed by atoms with Gasteiger partial charge in [0.15, 0.2) is 9.84 Å². The first-order valence-electron chi connectivity index (χ1n) is 6.55. The van der Waals surface area contributed by atoms with Gasteiger partial charge in [0, 0.05) is 26.3 Å². The highest BCUT2D eigenvalue weighted by molar-refractivity contribution is 7.99. The van der Waals surface area contributed by atoms with E-state index in [9.17, 15) is 16.8 Å². The van der Waals surface area contributed by atoms with Crippen LogP contribution in [0.3, 0.4) is 0 Å². The van der Waals surface area contributed by atoms with Crippen LogP contribution >= 0.6 is 23.2 Å². The molecular weight excluding hydrogens is 391 g/mol. The van der Waals surface area contributed by atoms with Gasteiger partial charge in [-0.2, -0.15) is 0 Å². The summed E-state index contributed by atoms with van der Waals surface area (Å²) >= 11 is 11.4. The van der Waals surface area contributed by atoms with Crippen molar-refractivity contribution >= 4 is 49.0 Å². The largest absolute Gasteiger partial charge is 0.220 e. The Morgan fingerprint density at radius 2 is 1.17 bits per heavy atom. The SMILES string of the molecule is O=S(=O)(/C=C/c1ccc(Cl)cc1)/C=C/S(=O)(=O)c1ccc(Cl)cc1. The van der Waals surface area contributed by atoms with Crippen molar-refractivity contribution in [1.29, 1.82) is 0 Å². The monoisotopic (exact) mass is 402 g/mol. The smallest absolute Gasteiger partial charge is 0.200 e. The Kier molecular flexibility index (Phi) is 5.87. The molecule has 0 saturated heterocycles. The van der Waals surface area contributed by atoms with Crippen LogP contribution in [0.2, 0.25) is 10.0 Å². The van der Waals surface area contributed by atoms with Gasteiger partial charge in [0.1, 0.15) is 0 Å². The third-order valence-electron chi connectivity index (χ3n) is 2.89. The van der Waals surface area contributed by atoms with Crippen LogP contribution in [0.5, 0.6) is 0 Å². The molecule has 0 heterocycles. The van der Waals surface area contributed by atoms with Gasteiger partial charge in [-0.3, -0.25) is 0 Å². The number of rotatable bonds is 5. The highest BCUT2D eigenvalue weighted by atomic mass is 35.5. The van der Waals surface area contributed by atoms with E-state index in [1.54, 1.807) is 24.3 Å². The van der Waals surface area contributed by atoms with E-state index in [1.165, 1.54) is 30.3 Å². The molecular formula is C16H12Cl2O4S2. The van der Waals surface area contributed by atoms with E-state index >= 15 is 0 Å². The zero-order valence-corrected chi connectivity index (χ0v) is 15.3. The number of sulfone groups is 2. The van der Waals surface area contributed by atoms with E-state index < -0.39 is 19.7 Å². The first-order chi connectivity index (χ1) is 11.2. The summed E-state index contributed by atoms with van der Waals surface area (Å²) in [7, 11) is -7.71. The normalized spacial score (nSPS) is 12.9. The second kappa shape index (κ2) is 7.53. The molecule has 0 spiro atoms. The minimum absolute atomic E-state index is 0.0416. The fourth-order valence-electron chi connectivity index (χ4n) is 1.65. The average molecular weight is 403 g/mol. The first-order valence-corrected chi connectivity index (χ1v) is 10.5. The summed E-state index contributed by atoms with van der Waals surface area (Å²) in [5.41, 5.74) is 0.622. The summed E-state index contributed by atoms with van der Waals surface area (Å²) in [4.78, 5) is -0.0416. The van der Waals surface area contributed by atoms with E-state index in [0.29, 0.717) is 26.4 Å². The third kappa shape index (κ3) is 5.49. The zero-order chi connectivity index (χ0) is 17.8. The molecule has 0 bridgehead atoms. The van der Waals surface area contributed by atoms with Crippen molar-refractivity contribution in [3.05, 3.63) is 80.4 Å².